The number of rotatable bonds is 31. The minimum absolute atomic E-state index is 0.311. The smallest absolute Gasteiger partial charge is 0.0158 e. The largest absolute Gasteiger partial charge is 0.293 e. The van der Waals surface area contributed by atoms with Gasteiger partial charge in [-0.25, -0.2) is 0 Å². The molecule has 0 fully saturated rings. The van der Waals surface area contributed by atoms with Crippen LogP contribution in [0.4, 0.5) is 0 Å². The molecule has 1 nitrogen and oxygen atoms in total. The summed E-state index contributed by atoms with van der Waals surface area (Å²) in [5, 5.41) is 0. The van der Waals surface area contributed by atoms with Gasteiger partial charge in [-0.05, 0) is 53.5 Å². The fraction of sp³-hybridized carbons (Fsp3) is 1.00. The normalized spacial score (nSPS) is 12.6. The molecule has 0 amide bonds. The molecule has 0 rings (SSSR count). The quantitative estimate of drug-likeness (QED) is 0.0777. The van der Waals surface area contributed by atoms with Gasteiger partial charge in [0.1, 0.15) is 0 Å². The van der Waals surface area contributed by atoms with Crippen molar-refractivity contribution in [2.45, 2.75) is 239 Å². The SMILES string of the molecule is CCCCCCCCCCCCN(C(C)(C)CCCCCCCCCC)C(C)(C)CCCCCCCCCC. The van der Waals surface area contributed by atoms with Gasteiger partial charge < -0.3 is 0 Å². The number of unbranched alkanes of at least 4 members (excludes halogenated alkanes) is 23. The summed E-state index contributed by atoms with van der Waals surface area (Å²) in [6, 6.07) is 0. The van der Waals surface area contributed by atoms with Crippen LogP contribution in [0.3, 0.4) is 0 Å². The van der Waals surface area contributed by atoms with Gasteiger partial charge in [0.05, 0.1) is 0 Å². The summed E-state index contributed by atoms with van der Waals surface area (Å²) < 4.78 is 0. The maximum absolute atomic E-state index is 2.97. The summed E-state index contributed by atoms with van der Waals surface area (Å²) in [6.07, 6.45) is 39.9. The van der Waals surface area contributed by atoms with Crippen molar-refractivity contribution in [3.63, 3.8) is 0 Å². The lowest BCUT2D eigenvalue weighted by molar-refractivity contribution is 0.00151. The van der Waals surface area contributed by atoms with Crippen molar-refractivity contribution in [2.75, 3.05) is 6.54 Å². The molecule has 0 N–H and O–H groups in total. The fourth-order valence-electron chi connectivity index (χ4n) is 6.83. The van der Waals surface area contributed by atoms with E-state index in [4.69, 9.17) is 0 Å². The molecule has 39 heavy (non-hydrogen) atoms. The first kappa shape index (κ1) is 39.0. The van der Waals surface area contributed by atoms with E-state index in [0.717, 1.165) is 0 Å². The van der Waals surface area contributed by atoms with Gasteiger partial charge in [0.2, 0.25) is 0 Å². The van der Waals surface area contributed by atoms with Crippen LogP contribution in [0, 0.1) is 0 Å². The first-order valence-electron chi connectivity index (χ1n) is 18.6. The van der Waals surface area contributed by atoms with Crippen molar-refractivity contribution in [1.29, 1.82) is 0 Å². The minimum Gasteiger partial charge on any atom is -0.293 e. The molecule has 0 saturated heterocycles. The average molecular weight is 550 g/mol. The number of nitrogens with zero attached hydrogens (tertiary/aromatic N) is 1. The first-order chi connectivity index (χ1) is 18.8. The summed E-state index contributed by atoms with van der Waals surface area (Å²) in [5.41, 5.74) is 0.621. The van der Waals surface area contributed by atoms with E-state index in [1.54, 1.807) is 0 Å². The van der Waals surface area contributed by atoms with Crippen LogP contribution >= 0.6 is 0 Å². The molecule has 0 aromatic carbocycles. The van der Waals surface area contributed by atoms with Crippen LogP contribution < -0.4 is 0 Å². The van der Waals surface area contributed by atoms with Gasteiger partial charge in [0, 0.05) is 11.1 Å². The highest BCUT2D eigenvalue weighted by Crippen LogP contribution is 2.34. The molecule has 0 spiro atoms. The topological polar surface area (TPSA) is 3.24 Å². The second-order valence-electron chi connectivity index (χ2n) is 14.4. The Bertz CT molecular complexity index is 447. The molecule has 0 unspecified atom stereocenters. The van der Waals surface area contributed by atoms with E-state index in [-0.39, 0.29) is 0 Å². The highest BCUT2D eigenvalue weighted by Gasteiger charge is 2.36. The average Bonchev–Trinajstić information content (AvgIpc) is 2.90. The molecule has 0 saturated carbocycles. The standard InChI is InChI=1S/C38H79N/c1-8-11-14-17-20-23-24-27-30-33-36-39(37(4,5)34-31-28-25-21-18-15-12-9-2)38(6,7)35-32-29-26-22-19-16-13-10-3/h8-36H2,1-7H3. The highest BCUT2D eigenvalue weighted by molar-refractivity contribution is 4.92. The molecule has 0 aliphatic rings. The van der Waals surface area contributed by atoms with Crippen LogP contribution in [0.1, 0.15) is 228 Å². The lowest BCUT2D eigenvalue weighted by Gasteiger charge is -2.49. The van der Waals surface area contributed by atoms with E-state index in [0.29, 0.717) is 11.1 Å². The van der Waals surface area contributed by atoms with Crippen molar-refractivity contribution < 1.29 is 0 Å². The van der Waals surface area contributed by atoms with Gasteiger partial charge in [0.15, 0.2) is 0 Å². The zero-order valence-corrected chi connectivity index (χ0v) is 29.0. The summed E-state index contributed by atoms with van der Waals surface area (Å²) >= 11 is 0. The number of hydrogen-bond acceptors (Lipinski definition) is 1. The van der Waals surface area contributed by atoms with Gasteiger partial charge in [-0.1, -0.05) is 181 Å². The fourth-order valence-corrected chi connectivity index (χ4v) is 6.83. The lowest BCUT2D eigenvalue weighted by atomic mass is 9.85. The Balaban J connectivity index is 4.60. The summed E-state index contributed by atoms with van der Waals surface area (Å²) in [5.74, 6) is 0. The highest BCUT2D eigenvalue weighted by atomic mass is 15.2. The Morgan fingerprint density at radius 3 is 0.821 bits per heavy atom. The van der Waals surface area contributed by atoms with Crippen molar-refractivity contribution in [2.24, 2.45) is 0 Å². The summed E-state index contributed by atoms with van der Waals surface area (Å²) in [4.78, 5) is 2.97. The Morgan fingerprint density at radius 1 is 0.308 bits per heavy atom. The molecule has 236 valence electrons. The van der Waals surface area contributed by atoms with Crippen LogP contribution in [0.2, 0.25) is 0 Å². The zero-order chi connectivity index (χ0) is 29.1. The summed E-state index contributed by atoms with van der Waals surface area (Å²) in [6.45, 7) is 18.5. The second-order valence-corrected chi connectivity index (χ2v) is 14.4. The third-order valence-electron chi connectivity index (χ3n) is 9.48. The molecule has 0 aromatic rings. The van der Waals surface area contributed by atoms with Crippen molar-refractivity contribution in [3.8, 4) is 0 Å². The Labute approximate surface area is 250 Å². The van der Waals surface area contributed by atoms with E-state index < -0.39 is 0 Å². The van der Waals surface area contributed by atoms with E-state index in [9.17, 15) is 0 Å². The van der Waals surface area contributed by atoms with Crippen molar-refractivity contribution in [1.82, 2.24) is 4.90 Å². The van der Waals surface area contributed by atoms with E-state index in [1.165, 1.54) is 186 Å². The lowest BCUT2D eigenvalue weighted by Crippen LogP contribution is -2.55. The molecule has 0 radical (unpaired) electrons. The number of hydrogen-bond donors (Lipinski definition) is 0. The molecule has 0 aliphatic carbocycles. The zero-order valence-electron chi connectivity index (χ0n) is 29.0. The Hall–Kier alpha value is -0.0400. The Morgan fingerprint density at radius 2 is 0.538 bits per heavy atom. The van der Waals surface area contributed by atoms with E-state index >= 15 is 0 Å². The molecular formula is C38H79N. The maximum atomic E-state index is 2.97. The van der Waals surface area contributed by atoms with Gasteiger partial charge in [-0.3, -0.25) is 4.90 Å². The third kappa shape index (κ3) is 23.2. The molecule has 0 heterocycles. The monoisotopic (exact) mass is 550 g/mol. The molecule has 0 atom stereocenters. The Kier molecular flexibility index (Phi) is 26.8. The maximum Gasteiger partial charge on any atom is 0.0158 e. The first-order valence-corrected chi connectivity index (χ1v) is 18.6. The molecular weight excluding hydrogens is 470 g/mol. The van der Waals surface area contributed by atoms with Crippen LogP contribution in [-0.4, -0.2) is 22.5 Å². The van der Waals surface area contributed by atoms with Crippen molar-refractivity contribution >= 4 is 0 Å². The second kappa shape index (κ2) is 26.8. The molecule has 0 aromatic heterocycles. The van der Waals surface area contributed by atoms with Crippen LogP contribution in [0.15, 0.2) is 0 Å². The van der Waals surface area contributed by atoms with E-state index in [2.05, 4.69) is 53.4 Å². The van der Waals surface area contributed by atoms with Crippen LogP contribution in [-0.2, 0) is 0 Å². The molecule has 0 bridgehead atoms. The van der Waals surface area contributed by atoms with Gasteiger partial charge in [-0.2, -0.15) is 0 Å². The predicted octanol–water partition coefficient (Wildman–Crippen LogP) is 13.8. The van der Waals surface area contributed by atoms with Gasteiger partial charge >= 0.3 is 0 Å². The minimum atomic E-state index is 0.311. The predicted molar refractivity (Wildman–Crippen MR) is 181 cm³/mol. The molecule has 1 heteroatoms. The van der Waals surface area contributed by atoms with E-state index in [1.807, 2.05) is 0 Å². The van der Waals surface area contributed by atoms with Gasteiger partial charge in [-0.15, -0.1) is 0 Å². The summed E-state index contributed by atoms with van der Waals surface area (Å²) in [7, 11) is 0. The third-order valence-corrected chi connectivity index (χ3v) is 9.48. The van der Waals surface area contributed by atoms with Crippen LogP contribution in [0.25, 0.3) is 0 Å². The van der Waals surface area contributed by atoms with Crippen molar-refractivity contribution in [3.05, 3.63) is 0 Å². The molecule has 0 aliphatic heterocycles. The van der Waals surface area contributed by atoms with Gasteiger partial charge in [0.25, 0.3) is 0 Å². The van der Waals surface area contributed by atoms with Crippen LogP contribution in [0.5, 0.6) is 0 Å².